The van der Waals surface area contributed by atoms with Gasteiger partial charge < -0.3 is 14.5 Å². The number of carboxylic acid groups (broad SMARTS) is 1. The topological polar surface area (TPSA) is 119 Å². The SMILES string of the molecule is Cc1noc(C)c1C(=O)CN(Cc1cc(F)cc(F)c1)C(=O)c1cnn(C2CCC(C(=O)O)CC2)c1C(F)(F)F. The van der Waals surface area contributed by atoms with Crippen LogP contribution in [-0.4, -0.2) is 49.1 Å². The lowest BCUT2D eigenvalue weighted by atomic mass is 9.86. The number of aryl methyl sites for hydroxylation is 2. The van der Waals surface area contributed by atoms with Crippen molar-refractivity contribution < 1.29 is 46.0 Å². The Hall–Kier alpha value is -4.10. The van der Waals surface area contributed by atoms with E-state index < -0.39 is 71.8 Å². The monoisotopic (exact) mass is 568 g/mol. The summed E-state index contributed by atoms with van der Waals surface area (Å²) in [5.41, 5.74) is -2.06. The highest BCUT2D eigenvalue weighted by molar-refractivity contribution is 6.03. The molecule has 2 heterocycles. The predicted molar refractivity (Wildman–Crippen MR) is 127 cm³/mol. The van der Waals surface area contributed by atoms with E-state index >= 15 is 0 Å². The van der Waals surface area contributed by atoms with Gasteiger partial charge in [0.15, 0.2) is 11.5 Å². The van der Waals surface area contributed by atoms with Crippen LogP contribution in [0.3, 0.4) is 0 Å². The van der Waals surface area contributed by atoms with Crippen molar-refractivity contribution in [2.24, 2.45) is 5.92 Å². The van der Waals surface area contributed by atoms with E-state index in [1.165, 1.54) is 13.8 Å². The summed E-state index contributed by atoms with van der Waals surface area (Å²) in [6, 6.07) is 1.59. The first kappa shape index (κ1) is 28.9. The van der Waals surface area contributed by atoms with Gasteiger partial charge in [0.2, 0.25) is 0 Å². The quantitative estimate of drug-likeness (QED) is 0.296. The summed E-state index contributed by atoms with van der Waals surface area (Å²) in [6.07, 6.45) is -3.80. The molecule has 0 saturated heterocycles. The molecule has 4 rings (SSSR count). The van der Waals surface area contributed by atoms with Crippen LogP contribution in [0.2, 0.25) is 0 Å². The molecular weight excluding hydrogens is 543 g/mol. The maximum absolute atomic E-state index is 14.3. The number of aromatic nitrogens is 3. The molecule has 0 bridgehead atoms. The molecule has 0 unspecified atom stereocenters. The number of benzene rings is 1. The molecule has 3 aromatic rings. The minimum absolute atomic E-state index is 0.0325. The lowest BCUT2D eigenvalue weighted by Crippen LogP contribution is -2.37. The highest BCUT2D eigenvalue weighted by Crippen LogP contribution is 2.39. The number of carboxylic acids is 1. The van der Waals surface area contributed by atoms with Crippen molar-refractivity contribution in [3.8, 4) is 0 Å². The number of hydrogen-bond donors (Lipinski definition) is 1. The van der Waals surface area contributed by atoms with Crippen LogP contribution in [0.1, 0.15) is 75.2 Å². The number of rotatable bonds is 8. The summed E-state index contributed by atoms with van der Waals surface area (Å²) < 4.78 is 76.4. The van der Waals surface area contributed by atoms with Gasteiger partial charge in [-0.15, -0.1) is 0 Å². The molecule has 0 radical (unpaired) electrons. The number of hydrogen-bond acceptors (Lipinski definition) is 6. The third kappa shape index (κ3) is 6.05. The second-order valence-electron chi connectivity index (χ2n) is 9.75. The maximum atomic E-state index is 14.3. The molecular formula is C26H25F5N4O5. The number of amides is 1. The van der Waals surface area contributed by atoms with E-state index in [2.05, 4.69) is 10.3 Å². The zero-order chi connectivity index (χ0) is 29.4. The fourth-order valence-electron chi connectivity index (χ4n) is 5.07. The van der Waals surface area contributed by atoms with Gasteiger partial charge in [0, 0.05) is 12.6 Å². The lowest BCUT2D eigenvalue weighted by Gasteiger charge is -2.28. The molecule has 1 N–H and O–H groups in total. The maximum Gasteiger partial charge on any atom is 0.433 e. The number of halogens is 5. The molecule has 1 fully saturated rings. The molecule has 0 spiro atoms. The Morgan fingerprint density at radius 2 is 1.70 bits per heavy atom. The summed E-state index contributed by atoms with van der Waals surface area (Å²) in [7, 11) is 0. The molecule has 0 atom stereocenters. The first-order chi connectivity index (χ1) is 18.8. The summed E-state index contributed by atoms with van der Waals surface area (Å²) in [4.78, 5) is 38.7. The Labute approximate surface area is 224 Å². The summed E-state index contributed by atoms with van der Waals surface area (Å²) in [5, 5.41) is 16.7. The van der Waals surface area contributed by atoms with Gasteiger partial charge in [-0.2, -0.15) is 18.3 Å². The smallest absolute Gasteiger partial charge is 0.433 e. The average Bonchev–Trinajstić information content (AvgIpc) is 3.46. The number of alkyl halides is 3. The largest absolute Gasteiger partial charge is 0.481 e. The molecule has 9 nitrogen and oxygen atoms in total. The van der Waals surface area contributed by atoms with Crippen LogP contribution >= 0.6 is 0 Å². The molecule has 1 saturated carbocycles. The number of carbonyl (C=O) groups excluding carboxylic acids is 2. The van der Waals surface area contributed by atoms with Crippen LogP contribution in [0.5, 0.6) is 0 Å². The van der Waals surface area contributed by atoms with Crippen LogP contribution in [0.25, 0.3) is 0 Å². The number of ketones is 1. The molecule has 214 valence electrons. The number of carbonyl (C=O) groups is 3. The van der Waals surface area contributed by atoms with Crippen molar-refractivity contribution in [3.63, 3.8) is 0 Å². The fourth-order valence-corrected chi connectivity index (χ4v) is 5.07. The minimum atomic E-state index is -5.03. The molecule has 0 aliphatic heterocycles. The Kier molecular flexibility index (Phi) is 8.08. The van der Waals surface area contributed by atoms with E-state index in [0.717, 1.165) is 23.2 Å². The molecule has 2 aromatic heterocycles. The van der Waals surface area contributed by atoms with Gasteiger partial charge in [0.25, 0.3) is 5.91 Å². The molecule has 1 aromatic carbocycles. The van der Waals surface area contributed by atoms with Gasteiger partial charge in [-0.3, -0.25) is 19.1 Å². The molecule has 1 aliphatic carbocycles. The highest BCUT2D eigenvalue weighted by atomic mass is 19.4. The van der Waals surface area contributed by atoms with Gasteiger partial charge in [0.1, 0.15) is 17.4 Å². The van der Waals surface area contributed by atoms with Crippen molar-refractivity contribution in [1.29, 1.82) is 0 Å². The first-order valence-electron chi connectivity index (χ1n) is 12.3. The van der Waals surface area contributed by atoms with Crippen molar-refractivity contribution in [3.05, 3.63) is 69.9 Å². The van der Waals surface area contributed by atoms with E-state index in [0.29, 0.717) is 10.7 Å². The second kappa shape index (κ2) is 11.2. The Bertz CT molecular complexity index is 1400. The minimum Gasteiger partial charge on any atom is -0.481 e. The Morgan fingerprint density at radius 3 is 2.23 bits per heavy atom. The van der Waals surface area contributed by atoms with Crippen molar-refractivity contribution in [1.82, 2.24) is 19.8 Å². The normalized spacial score (nSPS) is 17.6. The van der Waals surface area contributed by atoms with Gasteiger partial charge in [-0.1, -0.05) is 5.16 Å². The standard InChI is InChI=1S/C26H25F5N4O5/c1-13-22(14(2)40-33-13)21(36)12-34(11-15-7-17(27)9-18(28)8-15)24(37)20-10-32-35(23(20)26(29,30)31)19-5-3-16(4-6-19)25(38)39/h7-10,16,19H,3-6,11-12H2,1-2H3,(H,38,39). The second-order valence-corrected chi connectivity index (χ2v) is 9.75. The van der Waals surface area contributed by atoms with Gasteiger partial charge in [0.05, 0.1) is 41.5 Å². The van der Waals surface area contributed by atoms with E-state index in [9.17, 15) is 41.4 Å². The van der Waals surface area contributed by atoms with Crippen molar-refractivity contribution >= 4 is 17.7 Å². The van der Waals surface area contributed by atoms with Gasteiger partial charge >= 0.3 is 12.1 Å². The van der Waals surface area contributed by atoms with Crippen LogP contribution in [0, 0.1) is 31.4 Å². The fraction of sp³-hybridized carbons (Fsp3) is 0.423. The van der Waals surface area contributed by atoms with Crippen LogP contribution in [0.15, 0.2) is 28.9 Å². The third-order valence-corrected chi connectivity index (χ3v) is 6.92. The van der Waals surface area contributed by atoms with Crippen LogP contribution in [-0.2, 0) is 17.5 Å². The molecule has 1 amide bonds. The number of Topliss-reactive ketones (excluding diaryl/α,β-unsaturated/α-hetero) is 1. The number of aliphatic carboxylic acids is 1. The molecule has 40 heavy (non-hydrogen) atoms. The van der Waals surface area contributed by atoms with Crippen LogP contribution in [0.4, 0.5) is 22.0 Å². The zero-order valence-electron chi connectivity index (χ0n) is 21.5. The summed E-state index contributed by atoms with van der Waals surface area (Å²) in [5.74, 6) is -5.46. The molecule has 14 heteroatoms. The Balaban J connectivity index is 1.71. The number of nitrogens with zero attached hydrogens (tertiary/aromatic N) is 4. The van der Waals surface area contributed by atoms with Crippen LogP contribution < -0.4 is 0 Å². The van der Waals surface area contributed by atoms with Gasteiger partial charge in [-0.25, -0.2) is 8.78 Å². The first-order valence-corrected chi connectivity index (χ1v) is 12.3. The third-order valence-electron chi connectivity index (χ3n) is 6.92. The highest BCUT2D eigenvalue weighted by Gasteiger charge is 2.43. The average molecular weight is 568 g/mol. The molecule has 1 aliphatic rings. The van der Waals surface area contributed by atoms with E-state index in [1.54, 1.807) is 0 Å². The van der Waals surface area contributed by atoms with E-state index in [4.69, 9.17) is 4.52 Å². The summed E-state index contributed by atoms with van der Waals surface area (Å²) >= 11 is 0. The van der Waals surface area contributed by atoms with Gasteiger partial charge in [-0.05, 0) is 57.2 Å². The van der Waals surface area contributed by atoms with E-state index in [1.807, 2.05) is 0 Å². The van der Waals surface area contributed by atoms with Crippen molar-refractivity contribution in [2.75, 3.05) is 6.54 Å². The Morgan fingerprint density at radius 1 is 1.07 bits per heavy atom. The lowest BCUT2D eigenvalue weighted by molar-refractivity contribution is -0.147. The predicted octanol–water partition coefficient (Wildman–Crippen LogP) is 5.13. The zero-order valence-corrected chi connectivity index (χ0v) is 21.5. The van der Waals surface area contributed by atoms with Crippen molar-refractivity contribution in [2.45, 2.75) is 58.3 Å². The van der Waals surface area contributed by atoms with E-state index in [-0.39, 0.29) is 48.3 Å². The summed E-state index contributed by atoms with van der Waals surface area (Å²) in [6.45, 7) is 1.59.